The normalized spacial score (nSPS) is 15.9. The molecule has 1 aliphatic heterocycles. The number of carbonyl (C=O) groups is 2. The zero-order valence-electron chi connectivity index (χ0n) is 12.3. The SMILES string of the molecule is O=C1N/C(=C/c2cc(Br)c(O)c(I)c2)C(=O)N1Cc1ccccc1. The molecular weight excluding hydrogens is 487 g/mol. The van der Waals surface area contributed by atoms with Crippen molar-refractivity contribution in [1.29, 1.82) is 0 Å². The van der Waals surface area contributed by atoms with E-state index in [4.69, 9.17) is 0 Å². The summed E-state index contributed by atoms with van der Waals surface area (Å²) in [5.74, 6) is -0.228. The number of halogens is 2. The van der Waals surface area contributed by atoms with E-state index in [0.717, 1.165) is 5.56 Å². The summed E-state index contributed by atoms with van der Waals surface area (Å²) >= 11 is 5.26. The highest BCUT2D eigenvalue weighted by Crippen LogP contribution is 2.31. The van der Waals surface area contributed by atoms with Crippen LogP contribution in [-0.2, 0) is 11.3 Å². The summed E-state index contributed by atoms with van der Waals surface area (Å²) in [6, 6.07) is 12.3. The van der Waals surface area contributed by atoms with Crippen molar-refractivity contribution in [3.63, 3.8) is 0 Å². The number of hydrogen-bond donors (Lipinski definition) is 2. The van der Waals surface area contributed by atoms with Gasteiger partial charge in [0.2, 0.25) is 0 Å². The van der Waals surface area contributed by atoms with E-state index < -0.39 is 6.03 Å². The summed E-state index contributed by atoms with van der Waals surface area (Å²) in [6.45, 7) is 0.222. The van der Waals surface area contributed by atoms with E-state index in [1.165, 1.54) is 4.90 Å². The highest BCUT2D eigenvalue weighted by Gasteiger charge is 2.33. The lowest BCUT2D eigenvalue weighted by Gasteiger charge is -2.11. The van der Waals surface area contributed by atoms with Gasteiger partial charge >= 0.3 is 6.03 Å². The largest absolute Gasteiger partial charge is 0.506 e. The minimum atomic E-state index is -0.442. The summed E-state index contributed by atoms with van der Waals surface area (Å²) in [4.78, 5) is 25.7. The van der Waals surface area contributed by atoms with Crippen LogP contribution in [0.1, 0.15) is 11.1 Å². The van der Waals surface area contributed by atoms with E-state index in [1.807, 2.05) is 52.9 Å². The van der Waals surface area contributed by atoms with Gasteiger partial charge < -0.3 is 10.4 Å². The Labute approximate surface area is 160 Å². The zero-order chi connectivity index (χ0) is 17.3. The van der Waals surface area contributed by atoms with E-state index in [2.05, 4.69) is 21.2 Å². The van der Waals surface area contributed by atoms with E-state index in [0.29, 0.717) is 13.6 Å². The first-order chi connectivity index (χ1) is 11.5. The molecule has 7 heteroatoms. The van der Waals surface area contributed by atoms with Crippen LogP contribution in [0.2, 0.25) is 0 Å². The third-order valence-electron chi connectivity index (χ3n) is 3.50. The number of urea groups is 1. The summed E-state index contributed by atoms with van der Waals surface area (Å²) in [7, 11) is 0. The molecule has 0 bridgehead atoms. The lowest BCUT2D eigenvalue weighted by atomic mass is 10.1. The average Bonchev–Trinajstić information content (AvgIpc) is 2.81. The molecule has 0 atom stereocenters. The maximum absolute atomic E-state index is 12.5. The molecule has 24 heavy (non-hydrogen) atoms. The maximum atomic E-state index is 12.5. The summed E-state index contributed by atoms with van der Waals surface area (Å²) in [5.41, 5.74) is 1.79. The maximum Gasteiger partial charge on any atom is 0.329 e. The number of hydrogen-bond acceptors (Lipinski definition) is 3. The number of rotatable bonds is 3. The van der Waals surface area contributed by atoms with Gasteiger partial charge in [0.05, 0.1) is 14.6 Å². The number of phenols is 1. The number of imide groups is 1. The van der Waals surface area contributed by atoms with Crippen molar-refractivity contribution >= 4 is 56.5 Å². The second-order valence-corrected chi connectivity index (χ2v) is 7.21. The molecule has 1 saturated heterocycles. The summed E-state index contributed by atoms with van der Waals surface area (Å²) in [6.07, 6.45) is 1.59. The minimum Gasteiger partial charge on any atom is -0.506 e. The predicted molar refractivity (Wildman–Crippen MR) is 102 cm³/mol. The highest BCUT2D eigenvalue weighted by molar-refractivity contribution is 14.1. The Morgan fingerprint density at radius 1 is 1.21 bits per heavy atom. The van der Waals surface area contributed by atoms with Gasteiger partial charge in [-0.3, -0.25) is 9.69 Å². The number of carbonyl (C=O) groups excluding carboxylic acids is 2. The van der Waals surface area contributed by atoms with Gasteiger partial charge in [0.1, 0.15) is 11.4 Å². The van der Waals surface area contributed by atoms with Gasteiger partial charge in [-0.15, -0.1) is 0 Å². The van der Waals surface area contributed by atoms with Crippen LogP contribution in [0.5, 0.6) is 5.75 Å². The fourth-order valence-corrected chi connectivity index (χ4v) is 3.81. The standard InChI is InChI=1S/C17H12BrIN2O3/c18-12-6-11(7-13(19)15(12)22)8-14-16(23)21(17(24)20-14)9-10-4-2-1-3-5-10/h1-8,22H,9H2,(H,20,24)/b14-8+. The predicted octanol–water partition coefficient (Wildman–Crippen LogP) is 3.85. The van der Waals surface area contributed by atoms with E-state index in [1.54, 1.807) is 18.2 Å². The number of nitrogens with one attached hydrogen (secondary N) is 1. The molecular formula is C17H12BrIN2O3. The first kappa shape index (κ1) is 17.0. The van der Waals surface area contributed by atoms with Crippen LogP contribution in [0, 0.1) is 3.57 Å². The monoisotopic (exact) mass is 498 g/mol. The molecule has 5 nitrogen and oxygen atoms in total. The molecule has 0 aliphatic carbocycles. The molecule has 1 aliphatic rings. The fourth-order valence-electron chi connectivity index (χ4n) is 2.32. The number of amides is 3. The third-order valence-corrected chi connectivity index (χ3v) is 4.92. The Balaban J connectivity index is 1.86. The van der Waals surface area contributed by atoms with Crippen molar-refractivity contribution in [2.24, 2.45) is 0 Å². The van der Waals surface area contributed by atoms with Gasteiger partial charge in [-0.1, -0.05) is 30.3 Å². The zero-order valence-corrected chi connectivity index (χ0v) is 16.0. The van der Waals surface area contributed by atoms with Crippen molar-refractivity contribution < 1.29 is 14.7 Å². The van der Waals surface area contributed by atoms with Crippen LogP contribution < -0.4 is 5.32 Å². The minimum absolute atomic E-state index is 0.144. The molecule has 3 rings (SSSR count). The van der Waals surface area contributed by atoms with Crippen molar-refractivity contribution in [3.8, 4) is 5.75 Å². The molecule has 1 fully saturated rings. The fraction of sp³-hybridized carbons (Fsp3) is 0.0588. The van der Waals surface area contributed by atoms with Crippen molar-refractivity contribution in [2.45, 2.75) is 6.54 Å². The summed E-state index contributed by atoms with van der Waals surface area (Å²) in [5, 5.41) is 12.4. The van der Waals surface area contributed by atoms with Crippen molar-refractivity contribution in [1.82, 2.24) is 10.2 Å². The van der Waals surface area contributed by atoms with Gasteiger partial charge in [0, 0.05) is 0 Å². The van der Waals surface area contributed by atoms with E-state index >= 15 is 0 Å². The van der Waals surface area contributed by atoms with E-state index in [9.17, 15) is 14.7 Å². The molecule has 0 spiro atoms. The molecule has 3 amide bonds. The van der Waals surface area contributed by atoms with Gasteiger partial charge in [0.15, 0.2) is 0 Å². The number of nitrogens with zero attached hydrogens (tertiary/aromatic N) is 1. The highest BCUT2D eigenvalue weighted by atomic mass is 127. The van der Waals surface area contributed by atoms with Crippen LogP contribution in [0.4, 0.5) is 4.79 Å². The number of aromatic hydroxyl groups is 1. The molecule has 122 valence electrons. The molecule has 0 aromatic heterocycles. The molecule has 0 saturated carbocycles. The Morgan fingerprint density at radius 3 is 2.58 bits per heavy atom. The first-order valence-electron chi connectivity index (χ1n) is 7.02. The third kappa shape index (κ3) is 3.46. The van der Waals surface area contributed by atoms with Gasteiger partial charge in [0.25, 0.3) is 5.91 Å². The second kappa shape index (κ2) is 6.94. The van der Waals surface area contributed by atoms with Crippen LogP contribution in [0.3, 0.4) is 0 Å². The second-order valence-electron chi connectivity index (χ2n) is 5.20. The number of benzene rings is 2. The van der Waals surface area contributed by atoms with Gasteiger partial charge in [-0.25, -0.2) is 4.79 Å². The molecule has 2 aromatic rings. The quantitative estimate of drug-likeness (QED) is 0.383. The van der Waals surface area contributed by atoms with Crippen LogP contribution in [0.15, 0.2) is 52.6 Å². The van der Waals surface area contributed by atoms with Crippen molar-refractivity contribution in [2.75, 3.05) is 0 Å². The smallest absolute Gasteiger partial charge is 0.329 e. The Hall–Kier alpha value is -1.87. The van der Waals surface area contributed by atoms with Gasteiger partial charge in [-0.2, -0.15) is 0 Å². The topological polar surface area (TPSA) is 69.6 Å². The summed E-state index contributed by atoms with van der Waals surface area (Å²) < 4.78 is 1.17. The van der Waals surface area contributed by atoms with Crippen LogP contribution >= 0.6 is 38.5 Å². The van der Waals surface area contributed by atoms with Crippen LogP contribution in [0.25, 0.3) is 6.08 Å². The number of phenolic OH excluding ortho intramolecular Hbond substituents is 1. The lowest BCUT2D eigenvalue weighted by Crippen LogP contribution is -2.30. The van der Waals surface area contributed by atoms with Crippen molar-refractivity contribution in [3.05, 3.63) is 67.3 Å². The average molecular weight is 499 g/mol. The Bertz CT molecular complexity index is 829. The Morgan fingerprint density at radius 2 is 1.92 bits per heavy atom. The molecule has 0 unspecified atom stereocenters. The van der Waals surface area contributed by atoms with Crippen LogP contribution in [-0.4, -0.2) is 21.9 Å². The first-order valence-corrected chi connectivity index (χ1v) is 8.89. The van der Waals surface area contributed by atoms with Gasteiger partial charge in [-0.05, 0) is 67.9 Å². The molecule has 0 radical (unpaired) electrons. The Kier molecular flexibility index (Phi) is 4.91. The van der Waals surface area contributed by atoms with E-state index in [-0.39, 0.29) is 23.9 Å². The molecule has 2 N–H and O–H groups in total. The lowest BCUT2D eigenvalue weighted by molar-refractivity contribution is -0.123. The molecule has 1 heterocycles. The molecule has 2 aromatic carbocycles.